The number of hydrogen-bond acceptors (Lipinski definition) is 1. The Kier molecular flexibility index (Phi) is 8.48. The number of halogens is 1. The van der Waals surface area contributed by atoms with E-state index in [0.29, 0.717) is 0 Å². The van der Waals surface area contributed by atoms with Crippen LogP contribution in [0.2, 0.25) is 0 Å². The molecule has 0 heterocycles. The molecule has 0 aromatic carbocycles. The van der Waals surface area contributed by atoms with Gasteiger partial charge in [0.2, 0.25) is 5.91 Å². The third-order valence-electron chi connectivity index (χ3n) is 1.04. The summed E-state index contributed by atoms with van der Waals surface area (Å²) in [5.74, 6) is 0.00319. The van der Waals surface area contributed by atoms with Gasteiger partial charge in [-0.2, -0.15) is 0 Å². The standard InChI is InChI=1S/C6H14N2O.ClH/c1-3-4-6(7)8-5(2)9;/h6H,3-4,7H2,1-2H3,(H,8,9);1H. The summed E-state index contributed by atoms with van der Waals surface area (Å²) < 4.78 is 0. The van der Waals surface area contributed by atoms with Crippen LogP contribution >= 0.6 is 0 Å². The number of hydrogen-bond donors (Lipinski definition) is 2. The van der Waals surface area contributed by atoms with E-state index in [4.69, 9.17) is 0 Å². The van der Waals surface area contributed by atoms with Crippen molar-refractivity contribution in [2.75, 3.05) is 0 Å². The lowest BCUT2D eigenvalue weighted by atomic mass is 10.3. The van der Waals surface area contributed by atoms with Crippen molar-refractivity contribution in [3.63, 3.8) is 0 Å². The third-order valence-corrected chi connectivity index (χ3v) is 1.04. The summed E-state index contributed by atoms with van der Waals surface area (Å²) in [6.45, 7) is 3.58. The van der Waals surface area contributed by atoms with E-state index >= 15 is 0 Å². The Labute approximate surface area is 67.8 Å². The summed E-state index contributed by atoms with van der Waals surface area (Å²) in [7, 11) is 0. The quantitative estimate of drug-likeness (QED) is 0.420. The van der Waals surface area contributed by atoms with E-state index in [-0.39, 0.29) is 24.5 Å². The number of quaternary nitrogens is 1. The molecule has 0 aliphatic rings. The number of nitrogens with one attached hydrogen (secondary N) is 1. The monoisotopic (exact) mass is 166 g/mol. The SMILES string of the molecule is CCCC([NH3+])NC(C)=O.[Cl-]. The first-order valence-corrected chi connectivity index (χ1v) is 3.27. The topological polar surface area (TPSA) is 56.7 Å². The molecule has 0 bridgehead atoms. The van der Waals surface area contributed by atoms with E-state index in [1.165, 1.54) is 6.92 Å². The highest BCUT2D eigenvalue weighted by molar-refractivity contribution is 5.72. The molecular weight excluding hydrogens is 152 g/mol. The highest BCUT2D eigenvalue weighted by atomic mass is 35.5. The van der Waals surface area contributed by atoms with Gasteiger partial charge < -0.3 is 23.5 Å². The zero-order valence-electron chi connectivity index (χ0n) is 6.48. The van der Waals surface area contributed by atoms with Crippen LogP contribution in [0.15, 0.2) is 0 Å². The van der Waals surface area contributed by atoms with Crippen LogP contribution in [0.25, 0.3) is 0 Å². The van der Waals surface area contributed by atoms with Crippen molar-refractivity contribution < 1.29 is 22.9 Å². The van der Waals surface area contributed by atoms with Gasteiger partial charge in [0.25, 0.3) is 0 Å². The molecule has 0 rings (SSSR count). The summed E-state index contributed by atoms with van der Waals surface area (Å²) in [5.41, 5.74) is 3.74. The summed E-state index contributed by atoms with van der Waals surface area (Å²) in [4.78, 5) is 10.4. The lowest BCUT2D eigenvalue weighted by Gasteiger charge is -2.05. The van der Waals surface area contributed by atoms with Crippen molar-refractivity contribution in [1.29, 1.82) is 0 Å². The average Bonchev–Trinajstić information content (AvgIpc) is 1.63. The first-order valence-electron chi connectivity index (χ1n) is 3.27. The molecule has 0 aliphatic heterocycles. The van der Waals surface area contributed by atoms with Gasteiger partial charge in [0, 0.05) is 13.3 Å². The summed E-state index contributed by atoms with van der Waals surface area (Å²) in [6, 6.07) is 0. The lowest BCUT2D eigenvalue weighted by molar-refractivity contribution is -0.427. The molecule has 0 aromatic heterocycles. The molecule has 0 saturated heterocycles. The molecule has 3 nitrogen and oxygen atoms in total. The van der Waals surface area contributed by atoms with Crippen LogP contribution < -0.4 is 23.5 Å². The molecule has 4 heteroatoms. The van der Waals surface area contributed by atoms with Crippen LogP contribution in [0.3, 0.4) is 0 Å². The van der Waals surface area contributed by atoms with Crippen LogP contribution in [0.1, 0.15) is 26.7 Å². The third kappa shape index (κ3) is 7.72. The molecular formula is C6H15ClN2O. The van der Waals surface area contributed by atoms with E-state index in [9.17, 15) is 4.79 Å². The van der Waals surface area contributed by atoms with Gasteiger partial charge in [-0.15, -0.1) is 0 Å². The maximum absolute atomic E-state index is 10.4. The minimum absolute atomic E-state index is 0. The normalized spacial score (nSPS) is 11.5. The summed E-state index contributed by atoms with van der Waals surface area (Å²) in [6.07, 6.45) is 2.11. The second kappa shape index (κ2) is 6.83. The van der Waals surface area contributed by atoms with Crippen LogP contribution in [0.4, 0.5) is 0 Å². The first kappa shape index (κ1) is 12.4. The van der Waals surface area contributed by atoms with Crippen LogP contribution in [-0.4, -0.2) is 12.1 Å². The summed E-state index contributed by atoms with van der Waals surface area (Å²) in [5, 5.41) is 2.69. The number of carbonyl (C=O) groups excluding carboxylic acids is 1. The highest BCUT2D eigenvalue weighted by Gasteiger charge is 2.03. The predicted octanol–water partition coefficient (Wildman–Crippen LogP) is -3.51. The fraction of sp³-hybridized carbons (Fsp3) is 0.833. The molecule has 1 unspecified atom stereocenters. The molecule has 62 valence electrons. The Morgan fingerprint density at radius 2 is 2.20 bits per heavy atom. The Balaban J connectivity index is 0. The van der Waals surface area contributed by atoms with Gasteiger partial charge in [-0.3, -0.25) is 4.79 Å². The number of amides is 1. The van der Waals surface area contributed by atoms with Gasteiger partial charge in [0.05, 0.1) is 0 Å². The Morgan fingerprint density at radius 3 is 2.50 bits per heavy atom. The van der Waals surface area contributed by atoms with Crippen molar-refractivity contribution in [1.82, 2.24) is 5.32 Å². The lowest BCUT2D eigenvalue weighted by Crippen LogP contribution is -3.00. The minimum Gasteiger partial charge on any atom is -1.00 e. The maximum Gasteiger partial charge on any atom is 0.221 e. The fourth-order valence-corrected chi connectivity index (χ4v) is 0.708. The largest absolute Gasteiger partial charge is 1.00 e. The van der Waals surface area contributed by atoms with Crippen molar-refractivity contribution >= 4 is 5.91 Å². The van der Waals surface area contributed by atoms with E-state index in [2.05, 4.69) is 18.0 Å². The van der Waals surface area contributed by atoms with Gasteiger partial charge in [-0.05, 0) is 6.42 Å². The van der Waals surface area contributed by atoms with E-state index in [1.54, 1.807) is 0 Å². The average molecular weight is 167 g/mol. The Bertz CT molecular complexity index is 97.7. The second-order valence-electron chi connectivity index (χ2n) is 2.19. The molecule has 1 amide bonds. The Morgan fingerprint density at radius 1 is 1.70 bits per heavy atom. The van der Waals surface area contributed by atoms with Gasteiger partial charge in [0.1, 0.15) is 0 Å². The second-order valence-corrected chi connectivity index (χ2v) is 2.19. The van der Waals surface area contributed by atoms with Crippen molar-refractivity contribution in [3.05, 3.63) is 0 Å². The van der Waals surface area contributed by atoms with Crippen LogP contribution in [0, 0.1) is 0 Å². The molecule has 4 N–H and O–H groups in total. The first-order chi connectivity index (χ1) is 4.16. The Hall–Kier alpha value is -0.280. The van der Waals surface area contributed by atoms with Gasteiger partial charge in [-0.25, -0.2) is 0 Å². The zero-order valence-corrected chi connectivity index (χ0v) is 7.24. The molecule has 0 aliphatic carbocycles. The molecule has 0 radical (unpaired) electrons. The predicted molar refractivity (Wildman–Crippen MR) is 35.4 cm³/mol. The molecule has 1 atom stereocenters. The highest BCUT2D eigenvalue weighted by Crippen LogP contribution is 1.85. The van der Waals surface area contributed by atoms with Crippen molar-refractivity contribution in [3.8, 4) is 0 Å². The molecule has 10 heavy (non-hydrogen) atoms. The van der Waals surface area contributed by atoms with Gasteiger partial charge >= 0.3 is 0 Å². The van der Waals surface area contributed by atoms with Crippen molar-refractivity contribution in [2.45, 2.75) is 32.9 Å². The van der Waals surface area contributed by atoms with E-state index < -0.39 is 0 Å². The van der Waals surface area contributed by atoms with Gasteiger partial charge in [0.15, 0.2) is 6.17 Å². The molecule has 0 saturated carbocycles. The van der Waals surface area contributed by atoms with Crippen LogP contribution in [0.5, 0.6) is 0 Å². The van der Waals surface area contributed by atoms with Gasteiger partial charge in [-0.1, -0.05) is 6.92 Å². The number of carbonyl (C=O) groups is 1. The van der Waals surface area contributed by atoms with Crippen molar-refractivity contribution in [2.24, 2.45) is 0 Å². The zero-order chi connectivity index (χ0) is 7.28. The van der Waals surface area contributed by atoms with Crippen LogP contribution in [-0.2, 0) is 4.79 Å². The van der Waals surface area contributed by atoms with E-state index in [1.807, 2.05) is 0 Å². The molecule has 0 spiro atoms. The van der Waals surface area contributed by atoms with E-state index in [0.717, 1.165) is 12.8 Å². The maximum atomic E-state index is 10.4. The summed E-state index contributed by atoms with van der Waals surface area (Å²) >= 11 is 0. The minimum atomic E-state index is 0. The smallest absolute Gasteiger partial charge is 0.221 e. The molecule has 0 aromatic rings. The molecule has 0 fully saturated rings. The number of rotatable bonds is 3. The fourth-order valence-electron chi connectivity index (χ4n) is 0.708.